The summed E-state index contributed by atoms with van der Waals surface area (Å²) in [5.41, 5.74) is 3.54. The monoisotopic (exact) mass is 438 g/mol. The highest BCUT2D eigenvalue weighted by Crippen LogP contribution is 2.27. The summed E-state index contributed by atoms with van der Waals surface area (Å²) in [6, 6.07) is 15.8. The minimum absolute atomic E-state index is 0.0484. The van der Waals surface area contributed by atoms with Crippen molar-refractivity contribution < 1.29 is 17.6 Å². The van der Waals surface area contributed by atoms with E-state index in [0.717, 1.165) is 16.7 Å². The molecule has 0 saturated heterocycles. The van der Waals surface area contributed by atoms with E-state index in [1.807, 2.05) is 18.2 Å². The van der Waals surface area contributed by atoms with E-state index in [4.69, 9.17) is 4.42 Å². The first-order valence-corrected chi connectivity index (χ1v) is 11.7. The fourth-order valence-electron chi connectivity index (χ4n) is 3.70. The molecule has 2 aromatic carbocycles. The van der Waals surface area contributed by atoms with E-state index in [9.17, 15) is 13.2 Å². The lowest BCUT2D eigenvalue weighted by Gasteiger charge is -2.28. The van der Waals surface area contributed by atoms with Crippen LogP contribution >= 0.6 is 0 Å². The van der Waals surface area contributed by atoms with Crippen molar-refractivity contribution >= 4 is 21.6 Å². The molecule has 1 aliphatic rings. The number of nitrogens with one attached hydrogen (secondary N) is 1. The number of benzene rings is 2. The summed E-state index contributed by atoms with van der Waals surface area (Å²) in [5, 5.41) is 0. The van der Waals surface area contributed by atoms with Gasteiger partial charge in [0.2, 0.25) is 0 Å². The minimum atomic E-state index is -3.71. The summed E-state index contributed by atoms with van der Waals surface area (Å²) in [4.78, 5) is 14.5. The number of sulfonamides is 1. The van der Waals surface area contributed by atoms with E-state index < -0.39 is 10.0 Å². The number of hydrogen-bond acceptors (Lipinski definition) is 4. The Balaban J connectivity index is 1.53. The Morgan fingerprint density at radius 3 is 2.42 bits per heavy atom. The van der Waals surface area contributed by atoms with Gasteiger partial charge < -0.3 is 9.32 Å². The van der Waals surface area contributed by atoms with E-state index in [1.165, 1.54) is 6.26 Å². The zero-order valence-electron chi connectivity index (χ0n) is 17.9. The van der Waals surface area contributed by atoms with Gasteiger partial charge in [-0.1, -0.05) is 39.0 Å². The second kappa shape index (κ2) is 7.89. The summed E-state index contributed by atoms with van der Waals surface area (Å²) < 4.78 is 33.6. The van der Waals surface area contributed by atoms with Crippen LogP contribution in [0.25, 0.3) is 0 Å². The average Bonchev–Trinajstić information content (AvgIpc) is 3.27. The molecule has 1 N–H and O–H groups in total. The molecule has 6 nitrogen and oxygen atoms in total. The first-order valence-electron chi connectivity index (χ1n) is 10.2. The molecule has 0 spiro atoms. The fourth-order valence-corrected chi connectivity index (χ4v) is 4.75. The second-order valence-electron chi connectivity index (χ2n) is 8.82. The molecule has 1 aromatic heterocycles. The quantitative estimate of drug-likeness (QED) is 0.647. The number of hydrogen-bond donors (Lipinski definition) is 1. The number of anilines is 1. The van der Waals surface area contributed by atoms with Gasteiger partial charge in [-0.05, 0) is 64.9 Å². The van der Waals surface area contributed by atoms with Gasteiger partial charge in [0.05, 0.1) is 11.2 Å². The molecule has 7 heteroatoms. The van der Waals surface area contributed by atoms with Gasteiger partial charge in [-0.25, -0.2) is 8.42 Å². The Hall–Kier alpha value is -3.06. The number of fused-ring (bicyclic) bond motifs is 1. The molecule has 0 atom stereocenters. The Bertz CT molecular complexity index is 1190. The third-order valence-corrected chi connectivity index (χ3v) is 6.92. The predicted octanol–water partition coefficient (Wildman–Crippen LogP) is 4.58. The molecule has 31 heavy (non-hydrogen) atoms. The average molecular weight is 439 g/mol. The summed E-state index contributed by atoms with van der Waals surface area (Å²) in [7, 11) is -3.71. The third-order valence-electron chi connectivity index (χ3n) is 5.52. The lowest BCUT2D eigenvalue weighted by Crippen LogP contribution is -2.35. The van der Waals surface area contributed by atoms with Crippen LogP contribution in [0.5, 0.6) is 0 Å². The molecule has 0 aliphatic carbocycles. The van der Waals surface area contributed by atoms with Crippen LogP contribution in [0.2, 0.25) is 0 Å². The van der Waals surface area contributed by atoms with Crippen molar-refractivity contribution in [3.05, 3.63) is 83.3 Å². The lowest BCUT2D eigenvalue weighted by molar-refractivity contribution is 0.0702. The molecular weight excluding hydrogens is 412 g/mol. The smallest absolute Gasteiger partial charge is 0.289 e. The van der Waals surface area contributed by atoms with Crippen LogP contribution in [0, 0.1) is 0 Å². The lowest BCUT2D eigenvalue weighted by atomic mass is 9.87. The fraction of sp³-hybridized carbons (Fsp3) is 0.292. The van der Waals surface area contributed by atoms with Gasteiger partial charge in [0.1, 0.15) is 0 Å². The number of rotatable bonds is 4. The number of nitrogens with zero attached hydrogens (tertiary/aromatic N) is 1. The van der Waals surface area contributed by atoms with Crippen LogP contribution in [0.3, 0.4) is 0 Å². The molecule has 1 amide bonds. The molecular formula is C24H26N2O4S. The Morgan fingerprint density at radius 1 is 1.03 bits per heavy atom. The zero-order valence-corrected chi connectivity index (χ0v) is 18.7. The van der Waals surface area contributed by atoms with Gasteiger partial charge in [-0.2, -0.15) is 0 Å². The van der Waals surface area contributed by atoms with Crippen LogP contribution in [0.1, 0.15) is 48.0 Å². The Kier molecular flexibility index (Phi) is 5.39. The highest BCUT2D eigenvalue weighted by atomic mass is 32.2. The van der Waals surface area contributed by atoms with Crippen molar-refractivity contribution in [2.75, 3.05) is 11.3 Å². The van der Waals surface area contributed by atoms with Gasteiger partial charge in [-0.3, -0.25) is 9.52 Å². The third kappa shape index (κ3) is 4.51. The van der Waals surface area contributed by atoms with E-state index in [1.54, 1.807) is 41.3 Å². The van der Waals surface area contributed by atoms with Gasteiger partial charge in [-0.15, -0.1) is 0 Å². The maximum Gasteiger partial charge on any atom is 0.289 e. The largest absolute Gasteiger partial charge is 0.459 e. The number of carbonyl (C=O) groups is 1. The van der Waals surface area contributed by atoms with Gasteiger partial charge in [0.25, 0.3) is 15.9 Å². The first kappa shape index (κ1) is 21.2. The summed E-state index contributed by atoms with van der Waals surface area (Å²) in [5.74, 6) is 0.139. The normalized spacial score (nSPS) is 14.2. The van der Waals surface area contributed by atoms with Crippen LogP contribution in [-0.2, 0) is 28.4 Å². The van der Waals surface area contributed by atoms with Crippen LogP contribution < -0.4 is 4.72 Å². The predicted molar refractivity (Wildman–Crippen MR) is 120 cm³/mol. The van der Waals surface area contributed by atoms with Crippen LogP contribution in [0.15, 0.2) is 70.2 Å². The van der Waals surface area contributed by atoms with Gasteiger partial charge in [0, 0.05) is 18.8 Å². The van der Waals surface area contributed by atoms with Crippen molar-refractivity contribution in [1.82, 2.24) is 4.90 Å². The number of carbonyl (C=O) groups excluding carboxylic acids is 1. The first-order chi connectivity index (χ1) is 14.6. The van der Waals surface area contributed by atoms with Crippen molar-refractivity contribution in [3.8, 4) is 0 Å². The van der Waals surface area contributed by atoms with Crippen molar-refractivity contribution in [2.24, 2.45) is 0 Å². The van der Waals surface area contributed by atoms with E-state index in [0.29, 0.717) is 31.0 Å². The van der Waals surface area contributed by atoms with E-state index >= 15 is 0 Å². The van der Waals surface area contributed by atoms with Gasteiger partial charge >= 0.3 is 0 Å². The van der Waals surface area contributed by atoms with Crippen molar-refractivity contribution in [3.63, 3.8) is 0 Å². The summed E-state index contributed by atoms with van der Waals surface area (Å²) >= 11 is 0. The van der Waals surface area contributed by atoms with Crippen molar-refractivity contribution in [2.45, 2.75) is 44.0 Å². The molecule has 0 radical (unpaired) electrons. The van der Waals surface area contributed by atoms with Crippen LogP contribution in [0.4, 0.5) is 5.69 Å². The highest BCUT2D eigenvalue weighted by Gasteiger charge is 2.24. The number of amides is 1. The van der Waals surface area contributed by atoms with Gasteiger partial charge in [0.15, 0.2) is 5.76 Å². The summed E-state index contributed by atoms with van der Waals surface area (Å²) in [6.45, 7) is 7.26. The maximum absolute atomic E-state index is 12.9. The highest BCUT2D eigenvalue weighted by molar-refractivity contribution is 7.92. The molecule has 0 fully saturated rings. The molecule has 0 bridgehead atoms. The SMILES string of the molecule is CC(C)(C)c1ccc(S(=O)(=O)Nc2ccc3c(c2)CN(C(=O)c2ccco2)CC3)cc1. The molecule has 0 saturated carbocycles. The topological polar surface area (TPSA) is 79.6 Å². The maximum atomic E-state index is 12.9. The number of furan rings is 1. The molecule has 2 heterocycles. The van der Waals surface area contributed by atoms with E-state index in [-0.39, 0.29) is 16.2 Å². The molecule has 0 unspecified atom stereocenters. The Labute approximate surface area is 182 Å². The molecule has 4 rings (SSSR count). The zero-order chi connectivity index (χ0) is 22.2. The van der Waals surface area contributed by atoms with E-state index in [2.05, 4.69) is 25.5 Å². The molecule has 162 valence electrons. The standard InChI is InChI=1S/C24H26N2O4S/c1-24(2,3)19-7-10-21(11-8-19)31(28,29)25-20-9-6-17-12-13-26(16-18(17)15-20)23(27)22-5-4-14-30-22/h4-11,14-15,25H,12-13,16H2,1-3H3. The van der Waals surface area contributed by atoms with Crippen LogP contribution in [-0.4, -0.2) is 25.8 Å². The minimum Gasteiger partial charge on any atom is -0.459 e. The van der Waals surface area contributed by atoms with Crippen molar-refractivity contribution in [1.29, 1.82) is 0 Å². The second-order valence-corrected chi connectivity index (χ2v) is 10.5. The molecule has 3 aromatic rings. The molecule has 1 aliphatic heterocycles. The Morgan fingerprint density at radius 2 is 1.77 bits per heavy atom. The summed E-state index contributed by atoms with van der Waals surface area (Å²) in [6.07, 6.45) is 2.19.